The molecule has 0 atom stereocenters. The van der Waals surface area contributed by atoms with E-state index in [1.807, 2.05) is 19.1 Å². The number of nitrogens with zero attached hydrogens (tertiary/aromatic N) is 2. The lowest BCUT2D eigenvalue weighted by atomic mass is 10.1. The standard InChI is InChI=1S/C11H13N3O/c1-2-13-9-14-15-8-11-5-3-4-10(6-11)7-12/h3-6,9H,2,8H2,1H3,(H,13,14). The van der Waals surface area contributed by atoms with Crippen molar-refractivity contribution in [1.29, 1.82) is 5.26 Å². The Hall–Kier alpha value is -1.86. The molecule has 0 aliphatic carbocycles. The van der Waals surface area contributed by atoms with E-state index >= 15 is 0 Å². The monoisotopic (exact) mass is 203 g/mol. The normalized spacial score (nSPS) is 10.1. The Balaban J connectivity index is 2.38. The maximum absolute atomic E-state index is 8.68. The van der Waals surface area contributed by atoms with Gasteiger partial charge in [0.15, 0.2) is 0 Å². The first kappa shape index (κ1) is 11.2. The number of nitrogens with one attached hydrogen (secondary N) is 1. The van der Waals surface area contributed by atoms with Gasteiger partial charge in [0.1, 0.15) is 6.34 Å². The minimum absolute atomic E-state index is 0.408. The minimum Gasteiger partial charge on any atom is -0.274 e. The molecule has 0 amide bonds. The minimum atomic E-state index is 0.408. The molecule has 0 radical (unpaired) electrons. The molecule has 0 saturated carbocycles. The Morgan fingerprint density at radius 3 is 3.20 bits per heavy atom. The molecule has 0 heterocycles. The first-order chi connectivity index (χ1) is 7.36. The second-order valence-corrected chi connectivity index (χ2v) is 2.85. The molecule has 1 rings (SSSR count). The molecule has 0 unspecified atom stereocenters. The number of hydroxylamine groups is 1. The molecule has 78 valence electrons. The van der Waals surface area contributed by atoms with Gasteiger partial charge in [-0.05, 0) is 24.6 Å². The molecule has 0 fully saturated rings. The van der Waals surface area contributed by atoms with Crippen molar-refractivity contribution >= 4 is 6.34 Å². The summed E-state index contributed by atoms with van der Waals surface area (Å²) < 4.78 is 0. The molecule has 1 N–H and O–H groups in total. The number of benzene rings is 1. The Labute approximate surface area is 89.2 Å². The molecule has 15 heavy (non-hydrogen) atoms. The molecule has 0 aliphatic heterocycles. The van der Waals surface area contributed by atoms with Crippen LogP contribution in [0.25, 0.3) is 0 Å². The number of hydrogen-bond donors (Lipinski definition) is 1. The third kappa shape index (κ3) is 4.25. The fourth-order valence-electron chi connectivity index (χ4n) is 1.02. The van der Waals surface area contributed by atoms with E-state index < -0.39 is 0 Å². The lowest BCUT2D eigenvalue weighted by Crippen LogP contribution is -2.11. The summed E-state index contributed by atoms with van der Waals surface area (Å²) in [5, 5.41) is 8.68. The Bertz CT molecular complexity index is 368. The van der Waals surface area contributed by atoms with Gasteiger partial charge in [-0.2, -0.15) is 5.26 Å². The van der Waals surface area contributed by atoms with E-state index in [1.54, 1.807) is 12.1 Å². The molecule has 4 heteroatoms. The summed E-state index contributed by atoms with van der Waals surface area (Å²) in [6, 6.07) is 9.36. The van der Waals surface area contributed by atoms with Gasteiger partial charge in [0.25, 0.3) is 0 Å². The number of rotatable bonds is 5. The van der Waals surface area contributed by atoms with Gasteiger partial charge in [-0.3, -0.25) is 15.3 Å². The largest absolute Gasteiger partial charge is 0.274 e. The second kappa shape index (κ2) is 6.57. The van der Waals surface area contributed by atoms with Crippen LogP contribution in [-0.4, -0.2) is 12.9 Å². The highest BCUT2D eigenvalue weighted by molar-refractivity contribution is 5.52. The maximum Gasteiger partial charge on any atom is 0.107 e. The number of aliphatic imine (C=N–C) groups is 1. The summed E-state index contributed by atoms with van der Waals surface area (Å²) in [4.78, 5) is 9.04. The van der Waals surface area contributed by atoms with Gasteiger partial charge < -0.3 is 0 Å². The van der Waals surface area contributed by atoms with Crippen molar-refractivity contribution in [2.24, 2.45) is 4.99 Å². The third-order valence-electron chi connectivity index (χ3n) is 1.70. The van der Waals surface area contributed by atoms with Crippen molar-refractivity contribution in [2.45, 2.75) is 13.5 Å². The van der Waals surface area contributed by atoms with E-state index in [4.69, 9.17) is 10.1 Å². The Morgan fingerprint density at radius 2 is 2.47 bits per heavy atom. The lowest BCUT2D eigenvalue weighted by molar-refractivity contribution is 0.0744. The summed E-state index contributed by atoms with van der Waals surface area (Å²) in [6.45, 7) is 3.07. The molecule has 1 aromatic carbocycles. The number of hydrogen-bond acceptors (Lipinski definition) is 3. The Morgan fingerprint density at radius 1 is 1.60 bits per heavy atom. The van der Waals surface area contributed by atoms with Crippen LogP contribution in [0.1, 0.15) is 18.1 Å². The Kier molecular flexibility index (Phi) is 4.91. The average Bonchev–Trinajstić information content (AvgIpc) is 2.29. The first-order valence-electron chi connectivity index (χ1n) is 4.71. The van der Waals surface area contributed by atoms with Gasteiger partial charge in [-0.15, -0.1) is 0 Å². The number of nitriles is 1. The lowest BCUT2D eigenvalue weighted by Gasteiger charge is -2.02. The second-order valence-electron chi connectivity index (χ2n) is 2.85. The smallest absolute Gasteiger partial charge is 0.107 e. The fourth-order valence-corrected chi connectivity index (χ4v) is 1.02. The van der Waals surface area contributed by atoms with Crippen LogP contribution in [0.5, 0.6) is 0 Å². The quantitative estimate of drug-likeness (QED) is 0.342. The zero-order valence-corrected chi connectivity index (χ0v) is 8.60. The van der Waals surface area contributed by atoms with Gasteiger partial charge >= 0.3 is 0 Å². The molecule has 0 aliphatic rings. The highest BCUT2D eigenvalue weighted by Gasteiger charge is 1.94. The van der Waals surface area contributed by atoms with Crippen LogP contribution in [-0.2, 0) is 11.4 Å². The molecule has 1 aromatic rings. The van der Waals surface area contributed by atoms with E-state index in [0.29, 0.717) is 12.2 Å². The maximum atomic E-state index is 8.68. The van der Waals surface area contributed by atoms with E-state index in [1.165, 1.54) is 6.34 Å². The van der Waals surface area contributed by atoms with Crippen molar-refractivity contribution in [3.05, 3.63) is 35.4 Å². The summed E-state index contributed by atoms with van der Waals surface area (Å²) in [7, 11) is 0. The van der Waals surface area contributed by atoms with Gasteiger partial charge in [-0.1, -0.05) is 12.1 Å². The molecule has 0 bridgehead atoms. The average molecular weight is 203 g/mol. The zero-order chi connectivity index (χ0) is 10.9. The van der Waals surface area contributed by atoms with Crippen LogP contribution >= 0.6 is 0 Å². The molecular weight excluding hydrogens is 190 g/mol. The predicted octanol–water partition coefficient (Wildman–Crippen LogP) is 1.63. The van der Waals surface area contributed by atoms with E-state index in [9.17, 15) is 0 Å². The van der Waals surface area contributed by atoms with Crippen LogP contribution in [0.2, 0.25) is 0 Å². The summed E-state index contributed by atoms with van der Waals surface area (Å²) in [6.07, 6.45) is 1.51. The van der Waals surface area contributed by atoms with Crippen molar-refractivity contribution < 1.29 is 4.84 Å². The fraction of sp³-hybridized carbons (Fsp3) is 0.273. The highest BCUT2D eigenvalue weighted by Crippen LogP contribution is 2.04. The van der Waals surface area contributed by atoms with E-state index in [2.05, 4.69) is 16.5 Å². The van der Waals surface area contributed by atoms with Crippen LogP contribution < -0.4 is 5.48 Å². The molecular formula is C11H13N3O. The van der Waals surface area contributed by atoms with Crippen LogP contribution in [0, 0.1) is 11.3 Å². The van der Waals surface area contributed by atoms with Gasteiger partial charge in [0.05, 0.1) is 18.2 Å². The van der Waals surface area contributed by atoms with Crippen LogP contribution in [0.3, 0.4) is 0 Å². The molecule has 0 aromatic heterocycles. The van der Waals surface area contributed by atoms with E-state index in [-0.39, 0.29) is 0 Å². The van der Waals surface area contributed by atoms with Crippen molar-refractivity contribution in [3.63, 3.8) is 0 Å². The van der Waals surface area contributed by atoms with Gasteiger partial charge in [-0.25, -0.2) is 0 Å². The zero-order valence-electron chi connectivity index (χ0n) is 8.60. The van der Waals surface area contributed by atoms with Crippen molar-refractivity contribution in [2.75, 3.05) is 6.54 Å². The molecule has 0 saturated heterocycles. The summed E-state index contributed by atoms with van der Waals surface area (Å²) >= 11 is 0. The van der Waals surface area contributed by atoms with Crippen molar-refractivity contribution in [1.82, 2.24) is 5.48 Å². The topological polar surface area (TPSA) is 57.4 Å². The van der Waals surface area contributed by atoms with Crippen LogP contribution in [0.4, 0.5) is 0 Å². The van der Waals surface area contributed by atoms with Gasteiger partial charge in [0, 0.05) is 6.54 Å². The predicted molar refractivity (Wildman–Crippen MR) is 58.1 cm³/mol. The van der Waals surface area contributed by atoms with Gasteiger partial charge in [0.2, 0.25) is 0 Å². The van der Waals surface area contributed by atoms with E-state index in [0.717, 1.165) is 12.1 Å². The van der Waals surface area contributed by atoms with Crippen molar-refractivity contribution in [3.8, 4) is 6.07 Å². The molecule has 0 spiro atoms. The van der Waals surface area contributed by atoms with Crippen LogP contribution in [0.15, 0.2) is 29.3 Å². The first-order valence-corrected chi connectivity index (χ1v) is 4.71. The molecule has 4 nitrogen and oxygen atoms in total. The highest BCUT2D eigenvalue weighted by atomic mass is 16.6. The third-order valence-corrected chi connectivity index (χ3v) is 1.70. The SMILES string of the molecule is CCN=CNOCc1cccc(C#N)c1. The summed E-state index contributed by atoms with van der Waals surface area (Å²) in [5.74, 6) is 0. The summed E-state index contributed by atoms with van der Waals surface area (Å²) in [5.41, 5.74) is 4.19.